The number of aromatic nitrogens is 3. The Hall–Kier alpha value is -1.88. The van der Waals surface area contributed by atoms with E-state index < -0.39 is 0 Å². The van der Waals surface area contributed by atoms with Gasteiger partial charge in [-0.2, -0.15) is 0 Å². The van der Waals surface area contributed by atoms with Gasteiger partial charge in [0.2, 0.25) is 0 Å². The number of hydrogen-bond donors (Lipinski definition) is 3. The fourth-order valence-electron chi connectivity index (χ4n) is 1.38. The van der Waals surface area contributed by atoms with Crippen LogP contribution in [0, 0.1) is 0 Å². The maximum atomic E-state index is 5.40. The van der Waals surface area contributed by atoms with E-state index in [0.717, 1.165) is 30.0 Å². The Labute approximate surface area is 94.1 Å². The monoisotopic (exact) mass is 217 g/mol. The summed E-state index contributed by atoms with van der Waals surface area (Å²) in [6.07, 6.45) is 4.69. The standard InChI is InChI=1S/C11H15N5/c12-5-1-6-14-11-3-2-10(15-16-11)9-4-7-13-8-9/h2-4,7-8,13H,1,5-6,12H2,(H,14,16). The van der Waals surface area contributed by atoms with Gasteiger partial charge < -0.3 is 16.0 Å². The van der Waals surface area contributed by atoms with Gasteiger partial charge in [0, 0.05) is 24.5 Å². The molecule has 16 heavy (non-hydrogen) atoms. The molecule has 0 fully saturated rings. The minimum atomic E-state index is 0.682. The minimum Gasteiger partial charge on any atom is -0.369 e. The smallest absolute Gasteiger partial charge is 0.148 e. The second-order valence-corrected chi connectivity index (χ2v) is 3.47. The van der Waals surface area contributed by atoms with E-state index in [-0.39, 0.29) is 0 Å². The lowest BCUT2D eigenvalue weighted by Gasteiger charge is -2.03. The summed E-state index contributed by atoms with van der Waals surface area (Å²) in [4.78, 5) is 2.99. The molecular formula is C11H15N5. The zero-order valence-electron chi connectivity index (χ0n) is 8.98. The van der Waals surface area contributed by atoms with E-state index >= 15 is 0 Å². The molecule has 0 atom stereocenters. The summed E-state index contributed by atoms with van der Waals surface area (Å²) >= 11 is 0. The molecule has 2 rings (SSSR count). The Kier molecular flexibility index (Phi) is 3.50. The summed E-state index contributed by atoms with van der Waals surface area (Å²) in [6, 6.07) is 5.83. The highest BCUT2D eigenvalue weighted by Gasteiger charge is 2.00. The first-order chi connectivity index (χ1) is 7.90. The van der Waals surface area contributed by atoms with Crippen molar-refractivity contribution in [3.05, 3.63) is 30.6 Å². The van der Waals surface area contributed by atoms with E-state index in [1.54, 1.807) is 0 Å². The first-order valence-electron chi connectivity index (χ1n) is 5.31. The predicted molar refractivity (Wildman–Crippen MR) is 64.0 cm³/mol. The van der Waals surface area contributed by atoms with Crippen molar-refractivity contribution < 1.29 is 0 Å². The highest BCUT2D eigenvalue weighted by molar-refractivity contribution is 5.58. The molecule has 5 nitrogen and oxygen atoms in total. The highest BCUT2D eigenvalue weighted by Crippen LogP contribution is 2.15. The predicted octanol–water partition coefficient (Wildman–Crippen LogP) is 1.23. The van der Waals surface area contributed by atoms with Crippen LogP contribution < -0.4 is 11.1 Å². The minimum absolute atomic E-state index is 0.682. The Morgan fingerprint density at radius 3 is 2.81 bits per heavy atom. The lowest BCUT2D eigenvalue weighted by Crippen LogP contribution is -2.09. The fraction of sp³-hybridized carbons (Fsp3) is 0.273. The van der Waals surface area contributed by atoms with Gasteiger partial charge in [-0.05, 0) is 31.2 Å². The number of aromatic amines is 1. The normalized spacial score (nSPS) is 10.3. The number of hydrogen-bond acceptors (Lipinski definition) is 4. The van der Waals surface area contributed by atoms with Crippen LogP contribution in [0.2, 0.25) is 0 Å². The molecule has 2 heterocycles. The average molecular weight is 217 g/mol. The van der Waals surface area contributed by atoms with Crippen molar-refractivity contribution >= 4 is 5.82 Å². The van der Waals surface area contributed by atoms with Gasteiger partial charge in [0.05, 0.1) is 5.69 Å². The summed E-state index contributed by atoms with van der Waals surface area (Å²) in [7, 11) is 0. The summed E-state index contributed by atoms with van der Waals surface area (Å²) in [5.74, 6) is 0.785. The van der Waals surface area contributed by atoms with Crippen LogP contribution in [0.15, 0.2) is 30.6 Å². The quantitative estimate of drug-likeness (QED) is 0.658. The van der Waals surface area contributed by atoms with Gasteiger partial charge in [0.25, 0.3) is 0 Å². The van der Waals surface area contributed by atoms with Crippen LogP contribution in [0.1, 0.15) is 6.42 Å². The van der Waals surface area contributed by atoms with E-state index in [1.807, 2.05) is 30.6 Å². The molecule has 0 aromatic carbocycles. The van der Waals surface area contributed by atoms with E-state index in [1.165, 1.54) is 0 Å². The van der Waals surface area contributed by atoms with E-state index in [0.29, 0.717) is 6.54 Å². The van der Waals surface area contributed by atoms with Gasteiger partial charge in [-0.3, -0.25) is 0 Å². The first-order valence-corrected chi connectivity index (χ1v) is 5.31. The molecule has 0 aliphatic heterocycles. The summed E-state index contributed by atoms with van der Waals surface area (Å²) in [5, 5.41) is 11.4. The highest BCUT2D eigenvalue weighted by atomic mass is 15.2. The van der Waals surface area contributed by atoms with E-state index in [2.05, 4.69) is 20.5 Å². The molecule has 2 aromatic rings. The van der Waals surface area contributed by atoms with Gasteiger partial charge in [-0.15, -0.1) is 10.2 Å². The van der Waals surface area contributed by atoms with Crippen molar-refractivity contribution in [1.82, 2.24) is 15.2 Å². The zero-order chi connectivity index (χ0) is 11.2. The first kappa shape index (κ1) is 10.6. The largest absolute Gasteiger partial charge is 0.369 e. The number of anilines is 1. The third-order valence-corrected chi connectivity index (χ3v) is 2.25. The van der Waals surface area contributed by atoms with Crippen LogP contribution >= 0.6 is 0 Å². The third kappa shape index (κ3) is 2.58. The summed E-state index contributed by atoms with van der Waals surface area (Å²) < 4.78 is 0. The molecule has 0 unspecified atom stereocenters. The number of nitrogens with two attached hydrogens (primary N) is 1. The molecule has 2 aromatic heterocycles. The van der Waals surface area contributed by atoms with Gasteiger partial charge in [0.15, 0.2) is 0 Å². The van der Waals surface area contributed by atoms with Gasteiger partial charge in [0.1, 0.15) is 5.82 Å². The van der Waals surface area contributed by atoms with Crippen molar-refractivity contribution in [1.29, 1.82) is 0 Å². The molecule has 0 aliphatic carbocycles. The molecule has 0 bridgehead atoms. The van der Waals surface area contributed by atoms with Crippen molar-refractivity contribution in [2.24, 2.45) is 5.73 Å². The Morgan fingerprint density at radius 1 is 1.25 bits per heavy atom. The van der Waals surface area contributed by atoms with Crippen LogP contribution in [-0.2, 0) is 0 Å². The Morgan fingerprint density at radius 2 is 2.19 bits per heavy atom. The number of nitrogens with one attached hydrogen (secondary N) is 2. The molecule has 0 aliphatic rings. The lowest BCUT2D eigenvalue weighted by molar-refractivity contribution is 0.864. The molecular weight excluding hydrogens is 202 g/mol. The van der Waals surface area contributed by atoms with Crippen LogP contribution in [-0.4, -0.2) is 28.3 Å². The second kappa shape index (κ2) is 5.27. The molecule has 0 spiro atoms. The fourth-order valence-corrected chi connectivity index (χ4v) is 1.38. The van der Waals surface area contributed by atoms with Crippen LogP contribution in [0.25, 0.3) is 11.3 Å². The maximum absolute atomic E-state index is 5.40. The van der Waals surface area contributed by atoms with Crippen LogP contribution in [0.4, 0.5) is 5.82 Å². The number of rotatable bonds is 5. The third-order valence-electron chi connectivity index (χ3n) is 2.25. The summed E-state index contributed by atoms with van der Waals surface area (Å²) in [5.41, 5.74) is 7.31. The molecule has 4 N–H and O–H groups in total. The molecule has 0 amide bonds. The van der Waals surface area contributed by atoms with Crippen molar-refractivity contribution in [2.45, 2.75) is 6.42 Å². The average Bonchev–Trinajstić information content (AvgIpc) is 2.84. The van der Waals surface area contributed by atoms with Gasteiger partial charge in [-0.1, -0.05) is 0 Å². The molecule has 0 radical (unpaired) electrons. The number of nitrogens with zero attached hydrogens (tertiary/aromatic N) is 2. The zero-order valence-corrected chi connectivity index (χ0v) is 8.98. The lowest BCUT2D eigenvalue weighted by atomic mass is 10.2. The molecule has 0 saturated heterocycles. The van der Waals surface area contributed by atoms with Crippen LogP contribution in [0.5, 0.6) is 0 Å². The molecule has 84 valence electrons. The molecule has 0 saturated carbocycles. The second-order valence-electron chi connectivity index (χ2n) is 3.47. The van der Waals surface area contributed by atoms with Gasteiger partial charge in [-0.25, -0.2) is 0 Å². The van der Waals surface area contributed by atoms with Crippen molar-refractivity contribution in [2.75, 3.05) is 18.4 Å². The van der Waals surface area contributed by atoms with E-state index in [4.69, 9.17) is 5.73 Å². The Balaban J connectivity index is 2.00. The van der Waals surface area contributed by atoms with Crippen molar-refractivity contribution in [3.8, 4) is 11.3 Å². The summed E-state index contributed by atoms with van der Waals surface area (Å²) in [6.45, 7) is 1.51. The molecule has 5 heteroatoms. The topological polar surface area (TPSA) is 79.6 Å². The Bertz CT molecular complexity index is 406. The van der Waals surface area contributed by atoms with E-state index in [9.17, 15) is 0 Å². The SMILES string of the molecule is NCCCNc1ccc(-c2cc[nH]c2)nn1. The van der Waals surface area contributed by atoms with Crippen LogP contribution in [0.3, 0.4) is 0 Å². The van der Waals surface area contributed by atoms with Gasteiger partial charge >= 0.3 is 0 Å². The van der Waals surface area contributed by atoms with Crippen molar-refractivity contribution in [3.63, 3.8) is 0 Å². The maximum Gasteiger partial charge on any atom is 0.148 e. The number of H-pyrrole nitrogens is 1.